The molecule has 0 bridgehead atoms. The molecule has 0 atom stereocenters. The molecule has 1 N–H and O–H groups in total. The third-order valence-electron chi connectivity index (χ3n) is 6.18. The Labute approximate surface area is 192 Å². The quantitative estimate of drug-likeness (QED) is 0.652. The SMILES string of the molecule is CCCN1CCC(NC(=O)C2CCN(S(=O)(=O)c3ccc(Cl)c(C(F)(F)F)c3)CC2)CC1. The number of carbonyl (C=O) groups is 1. The minimum atomic E-state index is -4.75. The van der Waals surface area contributed by atoms with Gasteiger partial charge >= 0.3 is 6.18 Å². The Kier molecular flexibility index (Phi) is 8.11. The Morgan fingerprint density at radius 3 is 2.31 bits per heavy atom. The van der Waals surface area contributed by atoms with E-state index in [2.05, 4.69) is 17.1 Å². The molecular formula is C21H29ClF3N3O3S. The van der Waals surface area contributed by atoms with Gasteiger partial charge in [-0.25, -0.2) is 8.42 Å². The van der Waals surface area contributed by atoms with Gasteiger partial charge in [-0.3, -0.25) is 4.79 Å². The molecule has 0 unspecified atom stereocenters. The average Bonchev–Trinajstić information content (AvgIpc) is 2.74. The number of halogens is 4. The molecular weight excluding hydrogens is 467 g/mol. The van der Waals surface area contributed by atoms with Crippen molar-refractivity contribution in [1.29, 1.82) is 0 Å². The summed E-state index contributed by atoms with van der Waals surface area (Å²) in [4.78, 5) is 14.6. The number of piperidine rings is 2. The topological polar surface area (TPSA) is 69.7 Å². The van der Waals surface area contributed by atoms with Gasteiger partial charge in [-0.15, -0.1) is 0 Å². The fourth-order valence-electron chi connectivity index (χ4n) is 4.33. The van der Waals surface area contributed by atoms with Crippen molar-refractivity contribution in [3.63, 3.8) is 0 Å². The molecule has 2 heterocycles. The third-order valence-corrected chi connectivity index (χ3v) is 8.40. The smallest absolute Gasteiger partial charge is 0.353 e. The normalized spacial score (nSPS) is 20.4. The highest BCUT2D eigenvalue weighted by atomic mass is 35.5. The molecule has 180 valence electrons. The first-order valence-electron chi connectivity index (χ1n) is 10.9. The minimum Gasteiger partial charge on any atom is -0.353 e. The molecule has 2 aliphatic heterocycles. The maximum absolute atomic E-state index is 13.1. The highest BCUT2D eigenvalue weighted by Crippen LogP contribution is 2.36. The van der Waals surface area contributed by atoms with Gasteiger partial charge in [0.2, 0.25) is 15.9 Å². The molecule has 1 amide bonds. The molecule has 3 rings (SSSR count). The number of rotatable bonds is 6. The van der Waals surface area contributed by atoms with E-state index in [1.807, 2.05) is 0 Å². The molecule has 0 aliphatic carbocycles. The summed E-state index contributed by atoms with van der Waals surface area (Å²) in [6, 6.07) is 2.73. The van der Waals surface area contributed by atoms with Gasteiger partial charge in [0.15, 0.2) is 0 Å². The van der Waals surface area contributed by atoms with E-state index in [9.17, 15) is 26.4 Å². The van der Waals surface area contributed by atoms with Crippen LogP contribution in [0.25, 0.3) is 0 Å². The first-order valence-corrected chi connectivity index (χ1v) is 12.7. The Hall–Kier alpha value is -1.36. The van der Waals surface area contributed by atoms with Crippen LogP contribution in [0.15, 0.2) is 23.1 Å². The van der Waals surface area contributed by atoms with Gasteiger partial charge < -0.3 is 10.2 Å². The van der Waals surface area contributed by atoms with Crippen molar-refractivity contribution in [3.8, 4) is 0 Å². The molecule has 11 heteroatoms. The lowest BCUT2D eigenvalue weighted by molar-refractivity contribution is -0.137. The number of nitrogens with zero attached hydrogens (tertiary/aromatic N) is 2. The van der Waals surface area contributed by atoms with Crippen LogP contribution >= 0.6 is 11.6 Å². The van der Waals surface area contributed by atoms with E-state index < -0.39 is 31.7 Å². The summed E-state index contributed by atoms with van der Waals surface area (Å²) in [5.74, 6) is -0.368. The maximum Gasteiger partial charge on any atom is 0.417 e. The number of nitrogens with one attached hydrogen (secondary N) is 1. The fraction of sp³-hybridized carbons (Fsp3) is 0.667. The summed E-state index contributed by atoms with van der Waals surface area (Å²) in [6.45, 7) is 5.28. The second kappa shape index (κ2) is 10.3. The molecule has 2 aliphatic rings. The van der Waals surface area contributed by atoms with E-state index in [0.29, 0.717) is 18.9 Å². The lowest BCUT2D eigenvalue weighted by atomic mass is 9.96. The van der Waals surface area contributed by atoms with Crippen molar-refractivity contribution < 1.29 is 26.4 Å². The van der Waals surface area contributed by atoms with E-state index in [4.69, 9.17) is 11.6 Å². The van der Waals surface area contributed by atoms with Gasteiger partial charge in [0, 0.05) is 38.1 Å². The number of alkyl halides is 3. The molecule has 0 saturated carbocycles. The van der Waals surface area contributed by atoms with E-state index in [0.717, 1.165) is 55.3 Å². The first kappa shape index (κ1) is 25.3. The number of likely N-dealkylation sites (tertiary alicyclic amines) is 1. The zero-order valence-electron chi connectivity index (χ0n) is 18.0. The predicted octanol–water partition coefficient (Wildman–Crippen LogP) is 3.75. The van der Waals surface area contributed by atoms with Crippen molar-refractivity contribution in [2.75, 3.05) is 32.7 Å². The number of amides is 1. The zero-order valence-corrected chi connectivity index (χ0v) is 19.6. The largest absolute Gasteiger partial charge is 0.417 e. The van der Waals surface area contributed by atoms with Gasteiger partial charge in [0.1, 0.15) is 0 Å². The number of benzene rings is 1. The third kappa shape index (κ3) is 5.95. The number of sulfonamides is 1. The van der Waals surface area contributed by atoms with Crippen LogP contribution in [0.5, 0.6) is 0 Å². The van der Waals surface area contributed by atoms with Crippen LogP contribution in [0, 0.1) is 5.92 Å². The highest BCUT2D eigenvalue weighted by molar-refractivity contribution is 7.89. The number of hydrogen-bond acceptors (Lipinski definition) is 4. The van der Waals surface area contributed by atoms with E-state index >= 15 is 0 Å². The summed E-state index contributed by atoms with van der Waals surface area (Å²) in [6.07, 6.45) is -1.18. The van der Waals surface area contributed by atoms with Crippen LogP contribution in [0.1, 0.15) is 44.6 Å². The highest BCUT2D eigenvalue weighted by Gasteiger charge is 2.37. The van der Waals surface area contributed by atoms with Gasteiger partial charge in [-0.1, -0.05) is 18.5 Å². The van der Waals surface area contributed by atoms with Crippen LogP contribution in [-0.2, 0) is 21.0 Å². The van der Waals surface area contributed by atoms with Crippen molar-refractivity contribution in [1.82, 2.24) is 14.5 Å². The van der Waals surface area contributed by atoms with E-state index in [-0.39, 0.29) is 31.0 Å². The molecule has 32 heavy (non-hydrogen) atoms. The van der Waals surface area contributed by atoms with Crippen molar-refractivity contribution in [2.45, 2.75) is 56.1 Å². The minimum absolute atomic E-state index is 0.0677. The Bertz CT molecular complexity index is 911. The van der Waals surface area contributed by atoms with E-state index in [1.54, 1.807) is 0 Å². The van der Waals surface area contributed by atoms with Crippen molar-refractivity contribution >= 4 is 27.5 Å². The van der Waals surface area contributed by atoms with Crippen LogP contribution in [0.4, 0.5) is 13.2 Å². The van der Waals surface area contributed by atoms with Crippen molar-refractivity contribution in [2.24, 2.45) is 5.92 Å². The Balaban J connectivity index is 1.56. The Morgan fingerprint density at radius 1 is 1.12 bits per heavy atom. The van der Waals surface area contributed by atoms with Gasteiger partial charge in [-0.2, -0.15) is 17.5 Å². The second-order valence-corrected chi connectivity index (χ2v) is 10.8. The lowest BCUT2D eigenvalue weighted by Gasteiger charge is -2.34. The monoisotopic (exact) mass is 495 g/mol. The molecule has 2 saturated heterocycles. The summed E-state index contributed by atoms with van der Waals surface area (Å²) >= 11 is 5.60. The average molecular weight is 496 g/mol. The maximum atomic E-state index is 13.1. The van der Waals surface area contributed by atoms with Crippen LogP contribution < -0.4 is 5.32 Å². The number of hydrogen-bond donors (Lipinski definition) is 1. The summed E-state index contributed by atoms with van der Waals surface area (Å²) < 4.78 is 66.2. The standard InChI is InChI=1S/C21H29ClF3N3O3S/c1-2-9-27-10-7-16(8-11-27)26-20(29)15-5-12-28(13-6-15)32(30,31)17-3-4-19(22)18(14-17)21(23,24)25/h3-4,14-16H,2,5-13H2,1H3,(H,26,29). The lowest BCUT2D eigenvalue weighted by Crippen LogP contribution is -2.48. The van der Waals surface area contributed by atoms with Gasteiger partial charge in [0.25, 0.3) is 0 Å². The molecule has 0 spiro atoms. The second-order valence-electron chi connectivity index (χ2n) is 8.44. The molecule has 1 aromatic carbocycles. The molecule has 0 aromatic heterocycles. The molecule has 6 nitrogen and oxygen atoms in total. The number of carbonyl (C=O) groups excluding carboxylic acids is 1. The van der Waals surface area contributed by atoms with Gasteiger partial charge in [-0.05, 0) is 56.8 Å². The predicted molar refractivity (Wildman–Crippen MR) is 116 cm³/mol. The van der Waals surface area contributed by atoms with Crippen molar-refractivity contribution in [3.05, 3.63) is 28.8 Å². The molecule has 0 radical (unpaired) electrons. The Morgan fingerprint density at radius 2 is 1.75 bits per heavy atom. The first-order chi connectivity index (χ1) is 15.0. The summed E-state index contributed by atoms with van der Waals surface area (Å²) in [5, 5.41) is 2.54. The molecule has 2 fully saturated rings. The van der Waals surface area contributed by atoms with Crippen LogP contribution in [-0.4, -0.2) is 62.3 Å². The fourth-order valence-corrected chi connectivity index (χ4v) is 6.05. The van der Waals surface area contributed by atoms with Gasteiger partial charge in [0.05, 0.1) is 15.5 Å². The zero-order chi connectivity index (χ0) is 23.5. The van der Waals surface area contributed by atoms with Crippen LogP contribution in [0.2, 0.25) is 5.02 Å². The molecule has 1 aromatic rings. The summed E-state index contributed by atoms with van der Waals surface area (Å²) in [5.41, 5.74) is -1.18. The van der Waals surface area contributed by atoms with Crippen LogP contribution in [0.3, 0.4) is 0 Å². The summed E-state index contributed by atoms with van der Waals surface area (Å²) in [7, 11) is -4.11. The van der Waals surface area contributed by atoms with E-state index in [1.165, 1.54) is 0 Å².